The molecule has 0 saturated heterocycles. The monoisotopic (exact) mass is 237 g/mol. The molecule has 0 spiro atoms. The molecule has 0 radical (unpaired) electrons. The molecule has 1 aliphatic heterocycles. The number of ketones is 1. The zero-order valence-corrected chi connectivity index (χ0v) is 10.5. The van der Waals surface area contributed by atoms with Gasteiger partial charge in [-0.15, -0.1) is 0 Å². The third kappa shape index (κ3) is 2.07. The number of hydrogen-bond acceptors (Lipinski definition) is 2. The van der Waals surface area contributed by atoms with Crippen LogP contribution in [0.15, 0.2) is 12.1 Å². The molecule has 3 heteroatoms. The predicted octanol–water partition coefficient (Wildman–Crippen LogP) is 2.99. The Labute approximate surface area is 101 Å². The van der Waals surface area contributed by atoms with Crippen LogP contribution < -0.4 is 4.90 Å². The number of halogens is 1. The first kappa shape index (κ1) is 11.5. The fourth-order valence-electron chi connectivity index (χ4n) is 2.22. The molecule has 0 bridgehead atoms. The van der Waals surface area contributed by atoms with Crippen molar-refractivity contribution in [2.75, 3.05) is 18.0 Å². The molecule has 1 aromatic carbocycles. The first-order valence-corrected chi connectivity index (χ1v) is 6.05. The van der Waals surface area contributed by atoms with E-state index < -0.39 is 0 Å². The van der Waals surface area contributed by atoms with Gasteiger partial charge < -0.3 is 4.90 Å². The first-order chi connectivity index (χ1) is 7.61. The molecule has 1 aliphatic rings. The van der Waals surface area contributed by atoms with E-state index in [2.05, 4.69) is 11.8 Å². The predicted molar refractivity (Wildman–Crippen MR) is 67.4 cm³/mol. The molecule has 0 unspecified atom stereocenters. The molecule has 0 N–H and O–H groups in total. The Morgan fingerprint density at radius 2 is 2.25 bits per heavy atom. The van der Waals surface area contributed by atoms with Crippen molar-refractivity contribution in [3.63, 3.8) is 0 Å². The van der Waals surface area contributed by atoms with Crippen molar-refractivity contribution in [2.45, 2.75) is 26.7 Å². The number of benzene rings is 1. The van der Waals surface area contributed by atoms with E-state index in [1.807, 2.05) is 19.1 Å². The minimum Gasteiger partial charge on any atom is -0.364 e. The molecule has 1 aromatic rings. The molecule has 1 heterocycles. The van der Waals surface area contributed by atoms with Gasteiger partial charge in [0.05, 0.1) is 6.54 Å². The highest BCUT2D eigenvalue weighted by atomic mass is 35.5. The molecule has 0 aromatic heterocycles. The molecule has 0 amide bonds. The Hall–Kier alpha value is -1.02. The van der Waals surface area contributed by atoms with Crippen LogP contribution in [0.25, 0.3) is 0 Å². The highest BCUT2D eigenvalue weighted by Crippen LogP contribution is 2.33. The second-order valence-corrected chi connectivity index (χ2v) is 4.72. The molecule has 0 aliphatic carbocycles. The van der Waals surface area contributed by atoms with E-state index in [1.54, 1.807) is 0 Å². The summed E-state index contributed by atoms with van der Waals surface area (Å²) < 4.78 is 0. The molecule has 0 saturated carbocycles. The Balaban J connectivity index is 2.28. The number of hydrogen-bond donors (Lipinski definition) is 0. The van der Waals surface area contributed by atoms with Crippen LogP contribution in [0.2, 0.25) is 5.02 Å². The summed E-state index contributed by atoms with van der Waals surface area (Å²) in [6.07, 6.45) is 1.63. The minimum absolute atomic E-state index is 0.283. The Bertz CT molecular complexity index is 428. The Morgan fingerprint density at radius 1 is 1.50 bits per heavy atom. The van der Waals surface area contributed by atoms with Crippen LogP contribution in [0.4, 0.5) is 5.69 Å². The van der Waals surface area contributed by atoms with Gasteiger partial charge >= 0.3 is 0 Å². The normalized spacial score (nSPS) is 14.1. The van der Waals surface area contributed by atoms with E-state index in [0.29, 0.717) is 13.0 Å². The van der Waals surface area contributed by atoms with Crippen molar-refractivity contribution in [3.05, 3.63) is 28.3 Å². The second-order valence-electron chi connectivity index (χ2n) is 4.28. The van der Waals surface area contributed by atoms with Gasteiger partial charge in [-0.25, -0.2) is 0 Å². The lowest BCUT2D eigenvalue weighted by Crippen LogP contribution is -2.27. The van der Waals surface area contributed by atoms with Gasteiger partial charge in [0.1, 0.15) is 0 Å². The van der Waals surface area contributed by atoms with Crippen LogP contribution in [0.3, 0.4) is 0 Å². The summed E-state index contributed by atoms with van der Waals surface area (Å²) in [6.45, 7) is 5.43. The van der Waals surface area contributed by atoms with E-state index in [-0.39, 0.29) is 5.78 Å². The van der Waals surface area contributed by atoms with Gasteiger partial charge in [0.25, 0.3) is 0 Å². The number of aryl methyl sites for hydroxylation is 1. The maximum Gasteiger partial charge on any atom is 0.151 e. The molecule has 2 rings (SSSR count). The van der Waals surface area contributed by atoms with E-state index in [0.717, 1.165) is 23.7 Å². The first-order valence-electron chi connectivity index (χ1n) is 5.67. The SMILES string of the molecule is CCC(=O)CN1CCc2c(C)cc(Cl)cc21. The van der Waals surface area contributed by atoms with Gasteiger partial charge in [-0.1, -0.05) is 18.5 Å². The summed E-state index contributed by atoms with van der Waals surface area (Å²) in [5, 5.41) is 0.757. The fourth-order valence-corrected chi connectivity index (χ4v) is 2.49. The maximum atomic E-state index is 11.5. The number of anilines is 1. The van der Waals surface area contributed by atoms with E-state index >= 15 is 0 Å². The number of carbonyl (C=O) groups excluding carboxylic acids is 1. The van der Waals surface area contributed by atoms with E-state index in [1.165, 1.54) is 11.1 Å². The average molecular weight is 238 g/mol. The minimum atomic E-state index is 0.283. The summed E-state index contributed by atoms with van der Waals surface area (Å²) in [5.74, 6) is 0.283. The smallest absolute Gasteiger partial charge is 0.151 e. The molecule has 16 heavy (non-hydrogen) atoms. The van der Waals surface area contributed by atoms with Crippen molar-refractivity contribution < 1.29 is 4.79 Å². The lowest BCUT2D eigenvalue weighted by molar-refractivity contribution is -0.117. The summed E-state index contributed by atoms with van der Waals surface area (Å²) in [6, 6.07) is 3.96. The number of fused-ring (bicyclic) bond motifs is 1. The molecule has 0 atom stereocenters. The van der Waals surface area contributed by atoms with Crippen molar-refractivity contribution in [2.24, 2.45) is 0 Å². The summed E-state index contributed by atoms with van der Waals surface area (Å²) in [4.78, 5) is 13.6. The summed E-state index contributed by atoms with van der Waals surface area (Å²) >= 11 is 6.05. The van der Waals surface area contributed by atoms with Crippen LogP contribution in [0.1, 0.15) is 24.5 Å². The number of nitrogens with zero attached hydrogens (tertiary/aromatic N) is 1. The van der Waals surface area contributed by atoms with Gasteiger partial charge in [-0.2, -0.15) is 0 Å². The quantitative estimate of drug-likeness (QED) is 0.806. The lowest BCUT2D eigenvalue weighted by atomic mass is 10.1. The molecular weight excluding hydrogens is 222 g/mol. The van der Waals surface area contributed by atoms with Crippen LogP contribution in [0, 0.1) is 6.92 Å². The molecule has 2 nitrogen and oxygen atoms in total. The Morgan fingerprint density at radius 3 is 2.94 bits per heavy atom. The average Bonchev–Trinajstić information content (AvgIpc) is 2.61. The van der Waals surface area contributed by atoms with Gasteiger partial charge in [-0.3, -0.25) is 4.79 Å². The van der Waals surface area contributed by atoms with Crippen LogP contribution in [0.5, 0.6) is 0 Å². The van der Waals surface area contributed by atoms with Crippen molar-refractivity contribution in [3.8, 4) is 0 Å². The zero-order valence-electron chi connectivity index (χ0n) is 9.72. The van der Waals surface area contributed by atoms with E-state index in [4.69, 9.17) is 11.6 Å². The Kier molecular flexibility index (Phi) is 3.20. The van der Waals surface area contributed by atoms with Crippen molar-refractivity contribution >= 4 is 23.1 Å². The highest BCUT2D eigenvalue weighted by molar-refractivity contribution is 6.31. The summed E-state index contributed by atoms with van der Waals surface area (Å²) in [7, 11) is 0. The third-order valence-electron chi connectivity index (χ3n) is 3.15. The fraction of sp³-hybridized carbons (Fsp3) is 0.462. The van der Waals surface area contributed by atoms with Crippen LogP contribution in [-0.4, -0.2) is 18.9 Å². The van der Waals surface area contributed by atoms with Crippen molar-refractivity contribution in [1.82, 2.24) is 0 Å². The van der Waals surface area contributed by atoms with Gasteiger partial charge in [0.2, 0.25) is 0 Å². The van der Waals surface area contributed by atoms with Crippen LogP contribution in [-0.2, 0) is 11.2 Å². The number of Topliss-reactive ketones (excluding diaryl/α,β-unsaturated/α-hetero) is 1. The largest absolute Gasteiger partial charge is 0.364 e. The summed E-state index contributed by atoms with van der Waals surface area (Å²) in [5.41, 5.74) is 3.72. The molecular formula is C13H16ClNO. The van der Waals surface area contributed by atoms with E-state index in [9.17, 15) is 4.79 Å². The van der Waals surface area contributed by atoms with Crippen molar-refractivity contribution in [1.29, 1.82) is 0 Å². The standard InChI is InChI=1S/C13H16ClNO/c1-3-11(16)8-15-5-4-12-9(2)6-10(14)7-13(12)15/h6-7H,3-5,8H2,1-2H3. The molecule has 0 fully saturated rings. The topological polar surface area (TPSA) is 20.3 Å². The maximum absolute atomic E-state index is 11.5. The van der Waals surface area contributed by atoms with Gasteiger partial charge in [-0.05, 0) is 36.6 Å². The lowest BCUT2D eigenvalue weighted by Gasteiger charge is -2.18. The van der Waals surface area contributed by atoms with Gasteiger partial charge in [0, 0.05) is 23.7 Å². The molecule has 86 valence electrons. The third-order valence-corrected chi connectivity index (χ3v) is 3.37. The van der Waals surface area contributed by atoms with Crippen LogP contribution >= 0.6 is 11.6 Å². The number of carbonyl (C=O) groups is 1. The number of rotatable bonds is 3. The van der Waals surface area contributed by atoms with Gasteiger partial charge in [0.15, 0.2) is 5.78 Å². The zero-order chi connectivity index (χ0) is 11.7. The second kappa shape index (κ2) is 4.46. The highest BCUT2D eigenvalue weighted by Gasteiger charge is 2.22.